The smallest absolute Gasteiger partial charge is 0.251 e. The molecule has 2 heterocycles. The van der Waals surface area contributed by atoms with Crippen LogP contribution in [0.15, 0.2) is 52.9 Å². The fourth-order valence-electron chi connectivity index (χ4n) is 2.82. The molecule has 0 saturated heterocycles. The molecular weight excluding hydrogens is 388 g/mol. The quantitative estimate of drug-likeness (QED) is 0.492. The van der Waals surface area contributed by atoms with Gasteiger partial charge in [0.1, 0.15) is 0 Å². The van der Waals surface area contributed by atoms with Crippen molar-refractivity contribution < 1.29 is 9.21 Å². The van der Waals surface area contributed by atoms with Gasteiger partial charge in [-0.15, -0.1) is 10.2 Å². The SMILES string of the molecule is Cc1ccccc1-c1nnc(-c2ccc(C(=O)NCc3n[nH]c(=S)n3C)cc2)o1. The number of amides is 1. The molecule has 0 aliphatic rings. The lowest BCUT2D eigenvalue weighted by atomic mass is 10.1. The van der Waals surface area contributed by atoms with Crippen LogP contribution in [0.4, 0.5) is 0 Å². The Morgan fingerprint density at radius 1 is 1.14 bits per heavy atom. The number of benzene rings is 2. The predicted molar refractivity (Wildman–Crippen MR) is 109 cm³/mol. The third kappa shape index (κ3) is 3.85. The average molecular weight is 406 g/mol. The van der Waals surface area contributed by atoms with Gasteiger partial charge in [-0.05, 0) is 55.0 Å². The van der Waals surface area contributed by atoms with E-state index in [9.17, 15) is 4.79 Å². The van der Waals surface area contributed by atoms with Crippen molar-refractivity contribution in [2.75, 3.05) is 0 Å². The molecule has 146 valence electrons. The van der Waals surface area contributed by atoms with E-state index in [1.54, 1.807) is 35.9 Å². The highest BCUT2D eigenvalue weighted by Crippen LogP contribution is 2.26. The molecular formula is C20H18N6O2S. The molecule has 0 unspecified atom stereocenters. The van der Waals surface area contributed by atoms with E-state index in [1.807, 2.05) is 31.2 Å². The lowest BCUT2D eigenvalue weighted by Crippen LogP contribution is -2.24. The predicted octanol–water partition coefficient (Wildman–Crippen LogP) is 3.43. The van der Waals surface area contributed by atoms with Gasteiger partial charge < -0.3 is 14.3 Å². The third-order valence-corrected chi connectivity index (χ3v) is 4.94. The van der Waals surface area contributed by atoms with Crippen LogP contribution in [0.25, 0.3) is 22.9 Å². The van der Waals surface area contributed by atoms with Gasteiger partial charge in [-0.25, -0.2) is 0 Å². The molecule has 2 N–H and O–H groups in total. The van der Waals surface area contributed by atoms with Crippen LogP contribution in [-0.2, 0) is 13.6 Å². The highest BCUT2D eigenvalue weighted by Gasteiger charge is 2.13. The van der Waals surface area contributed by atoms with Crippen molar-refractivity contribution in [2.24, 2.45) is 7.05 Å². The molecule has 9 heteroatoms. The van der Waals surface area contributed by atoms with Gasteiger partial charge in [0.2, 0.25) is 11.8 Å². The number of carbonyl (C=O) groups excluding carboxylic acids is 1. The molecule has 0 spiro atoms. The van der Waals surface area contributed by atoms with Crippen molar-refractivity contribution in [2.45, 2.75) is 13.5 Å². The van der Waals surface area contributed by atoms with Crippen molar-refractivity contribution in [3.05, 3.63) is 70.3 Å². The van der Waals surface area contributed by atoms with E-state index in [0.717, 1.165) is 16.7 Å². The Hall–Kier alpha value is -3.59. The molecule has 8 nitrogen and oxygen atoms in total. The highest BCUT2D eigenvalue weighted by molar-refractivity contribution is 7.71. The first-order valence-electron chi connectivity index (χ1n) is 8.91. The van der Waals surface area contributed by atoms with Crippen LogP contribution in [0.5, 0.6) is 0 Å². The van der Waals surface area contributed by atoms with Gasteiger partial charge >= 0.3 is 0 Å². The van der Waals surface area contributed by atoms with Crippen LogP contribution < -0.4 is 5.32 Å². The third-order valence-electron chi connectivity index (χ3n) is 4.57. The maximum Gasteiger partial charge on any atom is 0.251 e. The minimum Gasteiger partial charge on any atom is -0.416 e. The van der Waals surface area contributed by atoms with Gasteiger partial charge in [0.25, 0.3) is 5.91 Å². The number of aromatic amines is 1. The lowest BCUT2D eigenvalue weighted by Gasteiger charge is -2.05. The van der Waals surface area contributed by atoms with E-state index < -0.39 is 0 Å². The monoisotopic (exact) mass is 406 g/mol. The summed E-state index contributed by atoms with van der Waals surface area (Å²) < 4.78 is 8.02. The van der Waals surface area contributed by atoms with E-state index in [4.69, 9.17) is 16.6 Å². The fraction of sp³-hybridized carbons (Fsp3) is 0.150. The largest absolute Gasteiger partial charge is 0.416 e. The number of H-pyrrole nitrogens is 1. The number of nitrogens with zero attached hydrogens (tertiary/aromatic N) is 4. The molecule has 0 aliphatic heterocycles. The molecule has 0 fully saturated rings. The molecule has 29 heavy (non-hydrogen) atoms. The van der Waals surface area contributed by atoms with E-state index in [-0.39, 0.29) is 12.5 Å². The summed E-state index contributed by atoms with van der Waals surface area (Å²) in [7, 11) is 1.79. The van der Waals surface area contributed by atoms with Gasteiger partial charge in [-0.3, -0.25) is 9.89 Å². The van der Waals surface area contributed by atoms with Crippen molar-refractivity contribution >= 4 is 18.1 Å². The molecule has 2 aromatic carbocycles. The molecule has 4 rings (SSSR count). The number of aryl methyl sites for hydroxylation is 1. The summed E-state index contributed by atoms with van der Waals surface area (Å²) in [5.41, 5.74) is 3.21. The van der Waals surface area contributed by atoms with E-state index in [0.29, 0.717) is 27.9 Å². The Morgan fingerprint density at radius 3 is 2.55 bits per heavy atom. The Labute approximate surface area is 171 Å². The van der Waals surface area contributed by atoms with Crippen molar-refractivity contribution in [3.63, 3.8) is 0 Å². The molecule has 0 radical (unpaired) electrons. The zero-order chi connectivity index (χ0) is 20.4. The second kappa shape index (κ2) is 7.80. The van der Waals surface area contributed by atoms with E-state index in [2.05, 4.69) is 25.7 Å². The van der Waals surface area contributed by atoms with E-state index in [1.165, 1.54) is 0 Å². The van der Waals surface area contributed by atoms with Crippen molar-refractivity contribution in [1.29, 1.82) is 0 Å². The van der Waals surface area contributed by atoms with Crippen LogP contribution in [0, 0.1) is 11.7 Å². The standard InChI is InChI=1S/C20H18N6O2S/c1-12-5-3-4-6-15(12)19-24-23-18(28-19)14-9-7-13(8-10-14)17(27)21-11-16-22-25-20(29)26(16)2/h3-10H,11H2,1-2H3,(H,21,27)(H,25,29). The van der Waals surface area contributed by atoms with Crippen molar-refractivity contribution in [3.8, 4) is 22.9 Å². The summed E-state index contributed by atoms with van der Waals surface area (Å²) in [6, 6.07) is 14.8. The number of rotatable bonds is 5. The molecule has 4 aromatic rings. The summed E-state index contributed by atoms with van der Waals surface area (Å²) in [6.45, 7) is 2.26. The highest BCUT2D eigenvalue weighted by atomic mass is 32.1. The van der Waals surface area contributed by atoms with Crippen LogP contribution in [0.3, 0.4) is 0 Å². The number of hydrogen-bond donors (Lipinski definition) is 2. The number of nitrogens with one attached hydrogen (secondary N) is 2. The summed E-state index contributed by atoms with van der Waals surface area (Å²) >= 11 is 5.06. The van der Waals surface area contributed by atoms with E-state index >= 15 is 0 Å². The Balaban J connectivity index is 1.47. The van der Waals surface area contributed by atoms with Crippen LogP contribution >= 0.6 is 12.2 Å². The Bertz CT molecular complexity index is 1220. The summed E-state index contributed by atoms with van der Waals surface area (Å²) in [5, 5.41) is 17.8. The number of carbonyl (C=O) groups is 1. The topological polar surface area (TPSA) is 102 Å². The van der Waals surface area contributed by atoms with Gasteiger partial charge in [-0.2, -0.15) is 5.10 Å². The average Bonchev–Trinajstić information content (AvgIpc) is 3.35. The second-order valence-corrected chi connectivity index (χ2v) is 6.88. The Morgan fingerprint density at radius 2 is 1.86 bits per heavy atom. The molecule has 0 saturated carbocycles. The minimum atomic E-state index is -0.211. The first kappa shape index (κ1) is 18.8. The summed E-state index contributed by atoms with van der Waals surface area (Å²) in [4.78, 5) is 12.4. The zero-order valence-electron chi connectivity index (χ0n) is 15.8. The first-order chi connectivity index (χ1) is 14.0. The Kier molecular flexibility index (Phi) is 5.05. The minimum absolute atomic E-state index is 0.211. The normalized spacial score (nSPS) is 10.8. The maximum atomic E-state index is 12.4. The zero-order valence-corrected chi connectivity index (χ0v) is 16.7. The van der Waals surface area contributed by atoms with Crippen LogP contribution in [0.2, 0.25) is 0 Å². The maximum absolute atomic E-state index is 12.4. The fourth-order valence-corrected chi connectivity index (χ4v) is 2.98. The van der Waals surface area contributed by atoms with Gasteiger partial charge in [-0.1, -0.05) is 18.2 Å². The first-order valence-corrected chi connectivity index (χ1v) is 9.32. The summed E-state index contributed by atoms with van der Waals surface area (Å²) in [6.07, 6.45) is 0. The molecule has 2 aromatic heterocycles. The van der Waals surface area contributed by atoms with Crippen LogP contribution in [-0.4, -0.2) is 30.9 Å². The van der Waals surface area contributed by atoms with Crippen LogP contribution in [0.1, 0.15) is 21.7 Å². The molecule has 0 bridgehead atoms. The van der Waals surface area contributed by atoms with Gasteiger partial charge in [0.15, 0.2) is 10.6 Å². The lowest BCUT2D eigenvalue weighted by molar-refractivity contribution is 0.0949. The van der Waals surface area contributed by atoms with Crippen molar-refractivity contribution in [1.82, 2.24) is 30.3 Å². The molecule has 1 amide bonds. The molecule has 0 atom stereocenters. The number of aromatic nitrogens is 5. The molecule has 0 aliphatic carbocycles. The van der Waals surface area contributed by atoms with Gasteiger partial charge in [0, 0.05) is 23.7 Å². The number of hydrogen-bond acceptors (Lipinski definition) is 6. The second-order valence-electron chi connectivity index (χ2n) is 6.49. The van der Waals surface area contributed by atoms with Gasteiger partial charge in [0.05, 0.1) is 6.54 Å². The summed E-state index contributed by atoms with van der Waals surface area (Å²) in [5.74, 6) is 1.30.